The van der Waals surface area contributed by atoms with E-state index in [4.69, 9.17) is 0 Å². The van der Waals surface area contributed by atoms with Gasteiger partial charge in [0.1, 0.15) is 11.6 Å². The molecule has 0 spiro atoms. The molecule has 0 aliphatic rings. The fourth-order valence-corrected chi connectivity index (χ4v) is 3.78. The Morgan fingerprint density at radius 1 is 0.760 bits per heavy atom. The van der Waals surface area contributed by atoms with E-state index < -0.39 is 10.8 Å². The van der Waals surface area contributed by atoms with Crippen LogP contribution in [-0.4, -0.2) is 10.5 Å². The normalized spacial score (nSPS) is 12.2. The van der Waals surface area contributed by atoms with Crippen molar-refractivity contribution in [3.05, 3.63) is 77.9 Å². The van der Waals surface area contributed by atoms with Crippen molar-refractivity contribution in [2.45, 2.75) is 18.2 Å². The number of aryl methyl sites for hydroxylation is 1. The number of hydrogen-bond acceptors (Lipinski definition) is 1. The van der Waals surface area contributed by atoms with Crippen molar-refractivity contribution in [2.24, 2.45) is 0 Å². The van der Waals surface area contributed by atoms with Crippen molar-refractivity contribution < 1.29 is 13.0 Å². The number of halogens is 2. The van der Waals surface area contributed by atoms with E-state index in [1.54, 1.807) is 30.5 Å². The summed E-state index contributed by atoms with van der Waals surface area (Å²) in [7, 11) is -1.21. The molecular formula is C21H18F2OS. The van der Waals surface area contributed by atoms with E-state index in [2.05, 4.69) is 0 Å². The van der Waals surface area contributed by atoms with Crippen LogP contribution in [0.25, 0.3) is 22.3 Å². The van der Waals surface area contributed by atoms with Crippen molar-refractivity contribution >= 4 is 10.8 Å². The molecule has 0 heterocycles. The lowest BCUT2D eigenvalue weighted by Gasteiger charge is -2.18. The van der Waals surface area contributed by atoms with Crippen LogP contribution in [0.15, 0.2) is 65.6 Å². The zero-order valence-corrected chi connectivity index (χ0v) is 14.9. The van der Waals surface area contributed by atoms with Gasteiger partial charge in [0.25, 0.3) is 0 Å². The van der Waals surface area contributed by atoms with Crippen LogP contribution in [0.3, 0.4) is 0 Å². The van der Waals surface area contributed by atoms with Crippen LogP contribution >= 0.6 is 0 Å². The van der Waals surface area contributed by atoms with Gasteiger partial charge in [-0.1, -0.05) is 37.3 Å². The SMILES string of the molecule is CCc1ccc(S(C)=O)c(-c2ccc(F)cc2)c1-c1ccc(F)cc1. The molecule has 0 aliphatic carbocycles. The molecule has 0 fully saturated rings. The van der Waals surface area contributed by atoms with Gasteiger partial charge in [0, 0.05) is 16.7 Å². The summed E-state index contributed by atoms with van der Waals surface area (Å²) in [5.41, 5.74) is 4.44. The molecule has 3 rings (SSSR count). The zero-order valence-electron chi connectivity index (χ0n) is 14.1. The van der Waals surface area contributed by atoms with Gasteiger partial charge in [0.05, 0.1) is 10.8 Å². The van der Waals surface area contributed by atoms with Crippen LogP contribution in [0.5, 0.6) is 0 Å². The van der Waals surface area contributed by atoms with Crippen LogP contribution < -0.4 is 0 Å². The van der Waals surface area contributed by atoms with Gasteiger partial charge in [-0.3, -0.25) is 4.21 Å². The second-order valence-electron chi connectivity index (χ2n) is 5.79. The molecule has 0 saturated heterocycles. The van der Waals surface area contributed by atoms with Gasteiger partial charge in [0.2, 0.25) is 0 Å². The van der Waals surface area contributed by atoms with Gasteiger partial charge >= 0.3 is 0 Å². The van der Waals surface area contributed by atoms with Crippen LogP contribution in [0.4, 0.5) is 8.78 Å². The minimum atomic E-state index is -1.21. The summed E-state index contributed by atoms with van der Waals surface area (Å²) in [5, 5.41) is 0. The summed E-state index contributed by atoms with van der Waals surface area (Å²) in [5.74, 6) is -0.627. The van der Waals surface area contributed by atoms with Gasteiger partial charge in [0.15, 0.2) is 0 Å². The Hall–Kier alpha value is -2.33. The second kappa shape index (κ2) is 7.28. The van der Waals surface area contributed by atoms with Gasteiger partial charge in [-0.2, -0.15) is 0 Å². The molecule has 1 unspecified atom stereocenters. The second-order valence-corrected chi connectivity index (χ2v) is 7.14. The Morgan fingerprint density at radius 3 is 1.68 bits per heavy atom. The molecule has 3 aromatic rings. The highest BCUT2D eigenvalue weighted by Crippen LogP contribution is 2.39. The first-order valence-electron chi connectivity index (χ1n) is 8.02. The smallest absolute Gasteiger partial charge is 0.123 e. The molecule has 0 N–H and O–H groups in total. The van der Waals surface area contributed by atoms with Crippen molar-refractivity contribution in [1.82, 2.24) is 0 Å². The summed E-state index contributed by atoms with van der Waals surface area (Å²) in [6.45, 7) is 2.04. The molecule has 128 valence electrons. The topological polar surface area (TPSA) is 17.1 Å². The Labute approximate surface area is 148 Å². The maximum atomic E-state index is 13.4. The van der Waals surface area contributed by atoms with Gasteiger partial charge in [-0.15, -0.1) is 0 Å². The van der Waals surface area contributed by atoms with Gasteiger partial charge in [-0.05, 0) is 59.0 Å². The zero-order chi connectivity index (χ0) is 18.0. The predicted molar refractivity (Wildman–Crippen MR) is 98.9 cm³/mol. The van der Waals surface area contributed by atoms with E-state index in [-0.39, 0.29) is 11.6 Å². The van der Waals surface area contributed by atoms with Crippen LogP contribution in [0.1, 0.15) is 12.5 Å². The third kappa shape index (κ3) is 3.54. The van der Waals surface area contributed by atoms with Crippen molar-refractivity contribution in [1.29, 1.82) is 0 Å². The quantitative estimate of drug-likeness (QED) is 0.595. The van der Waals surface area contributed by atoms with Crippen LogP contribution in [0.2, 0.25) is 0 Å². The van der Waals surface area contributed by atoms with Crippen LogP contribution in [-0.2, 0) is 17.2 Å². The molecule has 3 aromatic carbocycles. The monoisotopic (exact) mass is 356 g/mol. The molecule has 1 nitrogen and oxygen atoms in total. The first kappa shape index (κ1) is 17.5. The maximum Gasteiger partial charge on any atom is 0.123 e. The van der Waals surface area contributed by atoms with Crippen molar-refractivity contribution in [2.75, 3.05) is 6.26 Å². The Balaban J connectivity index is 2.37. The minimum Gasteiger partial charge on any atom is -0.255 e. The summed E-state index contributed by atoms with van der Waals surface area (Å²) in [4.78, 5) is 0.683. The average Bonchev–Trinajstić information content (AvgIpc) is 2.62. The maximum absolute atomic E-state index is 13.4. The molecule has 0 aliphatic heterocycles. The van der Waals surface area contributed by atoms with E-state index in [0.717, 1.165) is 34.2 Å². The van der Waals surface area contributed by atoms with Crippen molar-refractivity contribution in [3.8, 4) is 22.3 Å². The van der Waals surface area contributed by atoms with Gasteiger partial charge in [-0.25, -0.2) is 8.78 Å². The third-order valence-corrected chi connectivity index (χ3v) is 5.17. The molecule has 0 amide bonds. The summed E-state index contributed by atoms with van der Waals surface area (Å²) >= 11 is 0. The fraction of sp³-hybridized carbons (Fsp3) is 0.143. The van der Waals surface area contributed by atoms with E-state index in [9.17, 15) is 13.0 Å². The predicted octanol–water partition coefficient (Wildman–Crippen LogP) is 5.60. The Morgan fingerprint density at radius 2 is 1.24 bits per heavy atom. The highest BCUT2D eigenvalue weighted by Gasteiger charge is 2.18. The van der Waals surface area contributed by atoms with Crippen LogP contribution in [0, 0.1) is 11.6 Å². The molecule has 4 heteroatoms. The number of hydrogen-bond donors (Lipinski definition) is 0. The first-order chi connectivity index (χ1) is 12.0. The van der Waals surface area contributed by atoms with E-state index in [1.165, 1.54) is 24.3 Å². The largest absolute Gasteiger partial charge is 0.255 e. The number of rotatable bonds is 4. The minimum absolute atomic E-state index is 0.305. The standard InChI is InChI=1S/C21H18F2OS/c1-3-14-8-13-19(25(2)24)21(16-6-11-18(23)12-7-16)20(14)15-4-9-17(22)10-5-15/h4-13H,3H2,1-2H3. The highest BCUT2D eigenvalue weighted by atomic mass is 32.2. The molecule has 0 bridgehead atoms. The molecular weight excluding hydrogens is 338 g/mol. The van der Waals surface area contributed by atoms with E-state index in [0.29, 0.717) is 4.90 Å². The van der Waals surface area contributed by atoms with Crippen molar-refractivity contribution in [3.63, 3.8) is 0 Å². The molecule has 25 heavy (non-hydrogen) atoms. The average molecular weight is 356 g/mol. The number of benzene rings is 3. The first-order valence-corrected chi connectivity index (χ1v) is 9.58. The molecule has 1 atom stereocenters. The van der Waals surface area contributed by atoms with Gasteiger partial charge < -0.3 is 0 Å². The molecule has 0 radical (unpaired) electrons. The fourth-order valence-electron chi connectivity index (χ4n) is 3.01. The summed E-state index contributed by atoms with van der Waals surface area (Å²) in [6, 6.07) is 16.3. The summed E-state index contributed by atoms with van der Waals surface area (Å²) in [6.07, 6.45) is 2.40. The lowest BCUT2D eigenvalue weighted by atomic mass is 9.89. The lowest BCUT2D eigenvalue weighted by Crippen LogP contribution is -1.99. The molecule has 0 saturated carbocycles. The lowest BCUT2D eigenvalue weighted by molar-refractivity contribution is 0.627. The van der Waals surface area contributed by atoms with E-state index >= 15 is 0 Å². The van der Waals surface area contributed by atoms with E-state index in [1.807, 2.05) is 19.1 Å². The Kier molecular flexibility index (Phi) is 5.09. The third-order valence-electron chi connectivity index (χ3n) is 4.21. The molecule has 0 aromatic heterocycles. The highest BCUT2D eigenvalue weighted by molar-refractivity contribution is 7.84. The summed E-state index contributed by atoms with van der Waals surface area (Å²) < 4.78 is 39.1. The Bertz CT molecular complexity index is 916.